The minimum absolute atomic E-state index is 0.159. The largest absolute Gasteiger partial charge is 0.457 e. The first kappa shape index (κ1) is 15.1. The van der Waals surface area contributed by atoms with Gasteiger partial charge in [0.1, 0.15) is 11.5 Å². The fourth-order valence-electron chi connectivity index (χ4n) is 1.91. The second-order valence-electron chi connectivity index (χ2n) is 4.82. The van der Waals surface area contributed by atoms with Crippen molar-refractivity contribution in [3.05, 3.63) is 54.6 Å². The maximum atomic E-state index is 11.8. The summed E-state index contributed by atoms with van der Waals surface area (Å²) in [5.74, 6) is 1.34. The number of rotatable bonds is 6. The molecular weight excluding hydrogens is 264 g/mol. The lowest BCUT2D eigenvalue weighted by molar-refractivity contribution is -0.117. The quantitative estimate of drug-likeness (QED) is 0.852. The Morgan fingerprint density at radius 1 is 1.10 bits per heavy atom. The molecule has 0 radical (unpaired) electrons. The average Bonchev–Trinajstić information content (AvgIpc) is 2.50. The van der Waals surface area contributed by atoms with Crippen molar-refractivity contribution in [3.8, 4) is 11.5 Å². The van der Waals surface area contributed by atoms with Crippen LogP contribution in [0.15, 0.2) is 54.6 Å². The zero-order valence-electron chi connectivity index (χ0n) is 12.1. The van der Waals surface area contributed by atoms with Gasteiger partial charge in [0.15, 0.2) is 0 Å². The Kier molecular flexibility index (Phi) is 5.35. The summed E-state index contributed by atoms with van der Waals surface area (Å²) < 4.78 is 5.69. The molecule has 21 heavy (non-hydrogen) atoms. The Labute approximate surface area is 124 Å². The molecule has 0 aliphatic heterocycles. The van der Waals surface area contributed by atoms with Gasteiger partial charge < -0.3 is 15.8 Å². The van der Waals surface area contributed by atoms with Crippen LogP contribution in [0.2, 0.25) is 0 Å². The number of benzene rings is 2. The van der Waals surface area contributed by atoms with Crippen molar-refractivity contribution in [2.45, 2.75) is 25.8 Å². The summed E-state index contributed by atoms with van der Waals surface area (Å²) in [4.78, 5) is 11.8. The fraction of sp³-hybridized carbons (Fsp3) is 0.235. The molecule has 4 nitrogen and oxygen atoms in total. The van der Waals surface area contributed by atoms with Crippen molar-refractivity contribution in [2.24, 2.45) is 5.73 Å². The van der Waals surface area contributed by atoms with Crippen LogP contribution >= 0.6 is 0 Å². The number of hydrogen-bond acceptors (Lipinski definition) is 3. The number of nitrogens with two attached hydrogens (primary N) is 1. The van der Waals surface area contributed by atoms with E-state index in [1.54, 1.807) is 12.1 Å². The third kappa shape index (κ3) is 4.61. The Morgan fingerprint density at radius 3 is 2.33 bits per heavy atom. The highest BCUT2D eigenvalue weighted by Gasteiger charge is 2.12. The maximum absolute atomic E-state index is 11.8. The van der Waals surface area contributed by atoms with E-state index in [9.17, 15) is 4.79 Å². The lowest BCUT2D eigenvalue weighted by Gasteiger charge is -2.11. The summed E-state index contributed by atoms with van der Waals surface area (Å²) in [6, 6.07) is 16.3. The van der Waals surface area contributed by atoms with Gasteiger partial charge in [-0.15, -0.1) is 0 Å². The zero-order chi connectivity index (χ0) is 15.1. The zero-order valence-corrected chi connectivity index (χ0v) is 12.1. The van der Waals surface area contributed by atoms with E-state index in [0.717, 1.165) is 17.9 Å². The highest BCUT2D eigenvalue weighted by atomic mass is 16.5. The number of para-hydroxylation sites is 1. The van der Waals surface area contributed by atoms with E-state index in [2.05, 4.69) is 5.32 Å². The molecule has 2 aromatic carbocycles. The molecule has 1 atom stereocenters. The van der Waals surface area contributed by atoms with E-state index in [1.807, 2.05) is 49.4 Å². The average molecular weight is 284 g/mol. The number of carbonyl (C=O) groups is 1. The van der Waals surface area contributed by atoms with E-state index in [1.165, 1.54) is 0 Å². The third-order valence-corrected chi connectivity index (χ3v) is 3.04. The highest BCUT2D eigenvalue weighted by Crippen LogP contribution is 2.22. The Balaban J connectivity index is 1.94. The Hall–Kier alpha value is -2.33. The van der Waals surface area contributed by atoms with Crippen LogP contribution in [0.3, 0.4) is 0 Å². The standard InChI is InChI=1S/C17H20N2O2/c1-2-6-16(18)17(20)19-13-9-11-15(12-10-13)21-14-7-4-3-5-8-14/h3-5,7-12,16H,2,6,18H2,1H3,(H,19,20)/t16-/m1/s1. The maximum Gasteiger partial charge on any atom is 0.241 e. The first-order valence-electron chi connectivity index (χ1n) is 7.08. The minimum Gasteiger partial charge on any atom is -0.457 e. The predicted octanol–water partition coefficient (Wildman–Crippen LogP) is 3.54. The first-order chi connectivity index (χ1) is 10.2. The van der Waals surface area contributed by atoms with Crippen LogP contribution in [0.25, 0.3) is 0 Å². The molecule has 0 fully saturated rings. The number of ether oxygens (including phenoxy) is 1. The molecule has 0 bridgehead atoms. The van der Waals surface area contributed by atoms with E-state index in [0.29, 0.717) is 12.1 Å². The second-order valence-corrected chi connectivity index (χ2v) is 4.82. The monoisotopic (exact) mass is 284 g/mol. The van der Waals surface area contributed by atoms with Gasteiger partial charge in [-0.1, -0.05) is 31.5 Å². The molecule has 2 aromatic rings. The molecule has 0 heterocycles. The lowest BCUT2D eigenvalue weighted by atomic mass is 10.1. The van der Waals surface area contributed by atoms with Gasteiger partial charge in [-0.05, 0) is 42.8 Å². The normalized spacial score (nSPS) is 11.7. The molecule has 0 aliphatic carbocycles. The van der Waals surface area contributed by atoms with Crippen molar-refractivity contribution in [2.75, 3.05) is 5.32 Å². The number of nitrogens with one attached hydrogen (secondary N) is 1. The summed E-state index contributed by atoms with van der Waals surface area (Å²) in [5, 5.41) is 2.80. The summed E-state index contributed by atoms with van der Waals surface area (Å²) in [7, 11) is 0. The van der Waals surface area contributed by atoms with Gasteiger partial charge in [0.05, 0.1) is 6.04 Å². The number of anilines is 1. The molecule has 2 rings (SSSR count). The molecule has 1 amide bonds. The van der Waals surface area contributed by atoms with Crippen LogP contribution < -0.4 is 15.8 Å². The third-order valence-electron chi connectivity index (χ3n) is 3.04. The summed E-state index contributed by atoms with van der Waals surface area (Å²) >= 11 is 0. The van der Waals surface area contributed by atoms with E-state index in [4.69, 9.17) is 10.5 Å². The SMILES string of the molecule is CCC[C@@H](N)C(=O)Nc1ccc(Oc2ccccc2)cc1. The molecule has 0 spiro atoms. The smallest absolute Gasteiger partial charge is 0.241 e. The molecule has 0 aromatic heterocycles. The van der Waals surface area contributed by atoms with Crippen molar-refractivity contribution in [1.82, 2.24) is 0 Å². The Bertz CT molecular complexity index is 567. The molecule has 0 aliphatic rings. The van der Waals surface area contributed by atoms with Crippen LogP contribution in [0.4, 0.5) is 5.69 Å². The van der Waals surface area contributed by atoms with Crippen molar-refractivity contribution in [3.63, 3.8) is 0 Å². The van der Waals surface area contributed by atoms with Crippen molar-refractivity contribution in [1.29, 1.82) is 0 Å². The van der Waals surface area contributed by atoms with Crippen LogP contribution in [-0.4, -0.2) is 11.9 Å². The molecule has 0 unspecified atom stereocenters. The Morgan fingerprint density at radius 2 is 1.71 bits per heavy atom. The van der Waals surface area contributed by atoms with Crippen molar-refractivity contribution < 1.29 is 9.53 Å². The first-order valence-corrected chi connectivity index (χ1v) is 7.08. The van der Waals surface area contributed by atoms with Crippen LogP contribution in [-0.2, 0) is 4.79 Å². The van der Waals surface area contributed by atoms with Gasteiger partial charge in [-0.2, -0.15) is 0 Å². The highest BCUT2D eigenvalue weighted by molar-refractivity contribution is 5.94. The van der Waals surface area contributed by atoms with E-state index >= 15 is 0 Å². The summed E-state index contributed by atoms with van der Waals surface area (Å²) in [6.07, 6.45) is 1.57. The predicted molar refractivity (Wildman–Crippen MR) is 84.5 cm³/mol. The van der Waals surface area contributed by atoms with Crippen LogP contribution in [0.1, 0.15) is 19.8 Å². The molecule has 0 saturated carbocycles. The minimum atomic E-state index is -0.463. The van der Waals surface area contributed by atoms with Gasteiger partial charge in [0.2, 0.25) is 5.91 Å². The van der Waals surface area contributed by atoms with Gasteiger partial charge in [0, 0.05) is 5.69 Å². The number of amides is 1. The number of carbonyl (C=O) groups excluding carboxylic acids is 1. The summed E-state index contributed by atoms with van der Waals surface area (Å²) in [5.41, 5.74) is 6.49. The topological polar surface area (TPSA) is 64.4 Å². The summed E-state index contributed by atoms with van der Waals surface area (Å²) in [6.45, 7) is 2.00. The van der Waals surface area contributed by atoms with Crippen LogP contribution in [0, 0.1) is 0 Å². The van der Waals surface area contributed by atoms with E-state index < -0.39 is 6.04 Å². The second kappa shape index (κ2) is 7.45. The van der Waals surface area contributed by atoms with Crippen molar-refractivity contribution >= 4 is 11.6 Å². The van der Waals surface area contributed by atoms with Gasteiger partial charge in [-0.3, -0.25) is 4.79 Å². The van der Waals surface area contributed by atoms with Gasteiger partial charge >= 0.3 is 0 Å². The lowest BCUT2D eigenvalue weighted by Crippen LogP contribution is -2.35. The van der Waals surface area contributed by atoms with Gasteiger partial charge in [-0.25, -0.2) is 0 Å². The number of hydrogen-bond donors (Lipinski definition) is 2. The van der Waals surface area contributed by atoms with E-state index in [-0.39, 0.29) is 5.91 Å². The molecule has 3 N–H and O–H groups in total. The molecular formula is C17H20N2O2. The molecule has 110 valence electrons. The van der Waals surface area contributed by atoms with Crippen LogP contribution in [0.5, 0.6) is 11.5 Å². The molecule has 4 heteroatoms. The van der Waals surface area contributed by atoms with Gasteiger partial charge in [0.25, 0.3) is 0 Å². The fourth-order valence-corrected chi connectivity index (χ4v) is 1.91. The molecule has 0 saturated heterocycles.